The summed E-state index contributed by atoms with van der Waals surface area (Å²) >= 11 is 0. The number of amides is 3. The summed E-state index contributed by atoms with van der Waals surface area (Å²) in [6, 6.07) is 13.1. The van der Waals surface area contributed by atoms with Crippen LogP contribution in [0.2, 0.25) is 0 Å². The highest BCUT2D eigenvalue weighted by atomic mass is 16.5. The number of carboxylic acid groups (broad SMARTS) is 1. The molecule has 0 unspecified atom stereocenters. The Labute approximate surface area is 205 Å². The van der Waals surface area contributed by atoms with Crippen LogP contribution >= 0.6 is 0 Å². The van der Waals surface area contributed by atoms with Crippen LogP contribution in [0.25, 0.3) is 0 Å². The number of hydrogen-bond donors (Lipinski definition) is 2. The molecule has 35 heavy (non-hydrogen) atoms. The lowest BCUT2D eigenvalue weighted by Gasteiger charge is -2.34. The number of hydrogen-bond acceptors (Lipinski definition) is 4. The predicted octanol–water partition coefficient (Wildman–Crippen LogP) is 4.72. The Hall–Kier alpha value is -3.55. The molecule has 1 aliphatic carbocycles. The van der Waals surface area contributed by atoms with E-state index in [9.17, 15) is 14.4 Å². The van der Waals surface area contributed by atoms with Crippen LogP contribution in [0.15, 0.2) is 48.5 Å². The molecule has 2 aromatic rings. The molecule has 2 aliphatic rings. The van der Waals surface area contributed by atoms with E-state index in [0.717, 1.165) is 12.3 Å². The van der Waals surface area contributed by atoms with E-state index in [4.69, 9.17) is 9.84 Å². The number of ether oxygens (including phenoxy) is 1. The molecule has 1 aliphatic heterocycles. The monoisotopic (exact) mass is 479 g/mol. The molecule has 2 aromatic carbocycles. The van der Waals surface area contributed by atoms with Crippen molar-refractivity contribution < 1.29 is 24.2 Å². The summed E-state index contributed by atoms with van der Waals surface area (Å²) in [5.74, 6) is 0.348. The van der Waals surface area contributed by atoms with Gasteiger partial charge in [-0.15, -0.1) is 0 Å². The number of carbonyl (C=O) groups is 3. The average molecular weight is 480 g/mol. The van der Waals surface area contributed by atoms with Gasteiger partial charge >= 0.3 is 12.0 Å². The Bertz CT molecular complexity index is 1040. The zero-order chi connectivity index (χ0) is 24.6. The number of urea groups is 1. The van der Waals surface area contributed by atoms with E-state index in [-0.39, 0.29) is 17.5 Å². The summed E-state index contributed by atoms with van der Waals surface area (Å²) in [7, 11) is 0. The number of nitrogens with one attached hydrogen (secondary N) is 1. The van der Waals surface area contributed by atoms with Crippen molar-refractivity contribution in [1.82, 2.24) is 9.80 Å². The first-order valence-corrected chi connectivity index (χ1v) is 12.4. The van der Waals surface area contributed by atoms with Crippen LogP contribution in [0.1, 0.15) is 59.2 Å². The summed E-state index contributed by atoms with van der Waals surface area (Å²) in [6.45, 7) is 2.31. The first-order chi connectivity index (χ1) is 17.0. The lowest BCUT2D eigenvalue weighted by molar-refractivity contribution is 0.0669. The minimum atomic E-state index is -1.05. The van der Waals surface area contributed by atoms with Gasteiger partial charge in [0.05, 0.1) is 12.2 Å². The van der Waals surface area contributed by atoms with Crippen molar-refractivity contribution in [3.05, 3.63) is 59.7 Å². The normalized spacial score (nSPS) is 16.6. The first kappa shape index (κ1) is 24.6. The second-order valence-corrected chi connectivity index (χ2v) is 9.26. The second kappa shape index (κ2) is 11.7. The van der Waals surface area contributed by atoms with Crippen LogP contribution in [-0.2, 0) is 0 Å². The number of nitrogens with zero attached hydrogens (tertiary/aromatic N) is 2. The zero-order valence-electron chi connectivity index (χ0n) is 19.9. The summed E-state index contributed by atoms with van der Waals surface area (Å²) in [4.78, 5) is 40.1. The third-order valence-electron chi connectivity index (χ3n) is 6.82. The number of benzene rings is 2. The van der Waals surface area contributed by atoms with Gasteiger partial charge in [-0.2, -0.15) is 0 Å². The van der Waals surface area contributed by atoms with Gasteiger partial charge in [0.1, 0.15) is 5.75 Å². The molecule has 0 aromatic heterocycles. The van der Waals surface area contributed by atoms with E-state index >= 15 is 0 Å². The fourth-order valence-electron chi connectivity index (χ4n) is 4.77. The summed E-state index contributed by atoms with van der Waals surface area (Å²) in [5.41, 5.74) is 1.12. The molecule has 0 spiro atoms. The maximum absolute atomic E-state index is 13.0. The van der Waals surface area contributed by atoms with Crippen molar-refractivity contribution in [2.75, 3.05) is 38.1 Å². The number of rotatable bonds is 7. The van der Waals surface area contributed by atoms with E-state index in [2.05, 4.69) is 5.32 Å². The molecule has 2 N–H and O–H groups in total. The van der Waals surface area contributed by atoms with E-state index in [1.54, 1.807) is 34.1 Å². The molecule has 8 nitrogen and oxygen atoms in total. The van der Waals surface area contributed by atoms with Crippen LogP contribution in [0, 0.1) is 5.92 Å². The third-order valence-corrected chi connectivity index (χ3v) is 6.82. The van der Waals surface area contributed by atoms with Crippen molar-refractivity contribution in [3.8, 4) is 5.75 Å². The van der Waals surface area contributed by atoms with Gasteiger partial charge in [0.15, 0.2) is 0 Å². The Kier molecular flexibility index (Phi) is 8.23. The molecule has 1 heterocycles. The van der Waals surface area contributed by atoms with Crippen LogP contribution in [0.5, 0.6) is 5.75 Å². The highest BCUT2D eigenvalue weighted by molar-refractivity contribution is 5.95. The lowest BCUT2D eigenvalue weighted by atomic mass is 9.87. The van der Waals surface area contributed by atoms with E-state index in [0.29, 0.717) is 49.8 Å². The zero-order valence-corrected chi connectivity index (χ0v) is 19.9. The Balaban J connectivity index is 1.25. The minimum Gasteiger partial charge on any atom is -0.494 e. The molecular formula is C27H33N3O5. The third kappa shape index (κ3) is 6.74. The molecule has 1 saturated carbocycles. The minimum absolute atomic E-state index is 0.0723. The maximum atomic E-state index is 13.0. The molecule has 3 amide bonds. The number of carboxylic acids is 1. The van der Waals surface area contributed by atoms with E-state index in [1.165, 1.54) is 44.2 Å². The number of piperazine rings is 1. The predicted molar refractivity (Wildman–Crippen MR) is 133 cm³/mol. The van der Waals surface area contributed by atoms with Gasteiger partial charge in [0, 0.05) is 37.4 Å². The molecule has 8 heteroatoms. The fourth-order valence-corrected chi connectivity index (χ4v) is 4.77. The smallest absolute Gasteiger partial charge is 0.335 e. The molecule has 2 fully saturated rings. The number of carbonyl (C=O) groups excluding carboxylic acids is 2. The average Bonchev–Trinajstić information content (AvgIpc) is 2.89. The molecule has 4 rings (SSSR count). The molecule has 186 valence electrons. The highest BCUT2D eigenvalue weighted by Crippen LogP contribution is 2.26. The Morgan fingerprint density at radius 3 is 2.31 bits per heavy atom. The lowest BCUT2D eigenvalue weighted by Crippen LogP contribution is -2.51. The Morgan fingerprint density at radius 2 is 1.57 bits per heavy atom. The van der Waals surface area contributed by atoms with E-state index in [1.807, 2.05) is 12.1 Å². The van der Waals surface area contributed by atoms with Crippen LogP contribution in [-0.4, -0.2) is 65.6 Å². The fraction of sp³-hybridized carbons (Fsp3) is 0.444. The number of anilines is 1. The van der Waals surface area contributed by atoms with Crippen LogP contribution in [0.3, 0.4) is 0 Å². The van der Waals surface area contributed by atoms with Gasteiger partial charge in [-0.1, -0.05) is 44.2 Å². The quantitative estimate of drug-likeness (QED) is 0.598. The SMILES string of the molecule is O=C(O)c1cccc(NC(=O)N2CCN(C(=O)c3cccc(OCCC4CCCCC4)c3)CC2)c1. The maximum Gasteiger partial charge on any atom is 0.335 e. The van der Waals surface area contributed by atoms with Crippen LogP contribution < -0.4 is 10.1 Å². The van der Waals surface area contributed by atoms with Crippen molar-refractivity contribution in [2.24, 2.45) is 5.92 Å². The van der Waals surface area contributed by atoms with Gasteiger partial charge in [0.2, 0.25) is 0 Å². The van der Waals surface area contributed by atoms with Gasteiger partial charge in [-0.25, -0.2) is 9.59 Å². The largest absolute Gasteiger partial charge is 0.494 e. The second-order valence-electron chi connectivity index (χ2n) is 9.26. The summed E-state index contributed by atoms with van der Waals surface area (Å²) in [5, 5.41) is 11.8. The summed E-state index contributed by atoms with van der Waals surface area (Å²) in [6.07, 6.45) is 7.63. The van der Waals surface area contributed by atoms with Gasteiger partial charge in [-0.3, -0.25) is 4.79 Å². The molecular weight excluding hydrogens is 446 g/mol. The Morgan fingerprint density at radius 1 is 0.886 bits per heavy atom. The van der Waals surface area contributed by atoms with Crippen molar-refractivity contribution in [2.45, 2.75) is 38.5 Å². The topological polar surface area (TPSA) is 99.2 Å². The summed E-state index contributed by atoms with van der Waals surface area (Å²) < 4.78 is 5.95. The number of aromatic carboxylic acids is 1. The van der Waals surface area contributed by atoms with Gasteiger partial charge in [-0.05, 0) is 48.7 Å². The van der Waals surface area contributed by atoms with Crippen LogP contribution in [0.4, 0.5) is 10.5 Å². The van der Waals surface area contributed by atoms with E-state index < -0.39 is 5.97 Å². The van der Waals surface area contributed by atoms with Crippen molar-refractivity contribution in [3.63, 3.8) is 0 Å². The molecule has 0 radical (unpaired) electrons. The first-order valence-electron chi connectivity index (χ1n) is 12.4. The highest BCUT2D eigenvalue weighted by Gasteiger charge is 2.25. The molecule has 0 bridgehead atoms. The standard InChI is InChI=1S/C27H33N3O5/c31-25(21-8-5-11-24(19-21)35-17-12-20-6-2-1-3-7-20)29-13-15-30(16-14-29)27(34)28-23-10-4-9-22(18-23)26(32)33/h4-5,8-11,18-20H,1-3,6-7,12-17H2,(H,28,34)(H,32,33). The van der Waals surface area contributed by atoms with Gasteiger partial charge in [0.25, 0.3) is 5.91 Å². The van der Waals surface area contributed by atoms with Crippen molar-refractivity contribution >= 4 is 23.6 Å². The van der Waals surface area contributed by atoms with Crippen molar-refractivity contribution in [1.29, 1.82) is 0 Å². The van der Waals surface area contributed by atoms with Gasteiger partial charge < -0.3 is 25.0 Å². The molecule has 1 saturated heterocycles. The molecule has 0 atom stereocenters.